The van der Waals surface area contributed by atoms with E-state index in [1.54, 1.807) is 7.11 Å². The van der Waals surface area contributed by atoms with Crippen LogP contribution >= 0.6 is 0 Å². The van der Waals surface area contributed by atoms with Gasteiger partial charge >= 0.3 is 0 Å². The van der Waals surface area contributed by atoms with Crippen molar-refractivity contribution in [3.63, 3.8) is 0 Å². The van der Waals surface area contributed by atoms with Crippen molar-refractivity contribution in [3.8, 4) is 5.75 Å². The number of aliphatic hydroxyl groups is 1. The average molecular weight is 284 g/mol. The van der Waals surface area contributed by atoms with Gasteiger partial charge in [0, 0.05) is 6.61 Å². The van der Waals surface area contributed by atoms with Crippen LogP contribution in [0.2, 0.25) is 0 Å². The zero-order chi connectivity index (χ0) is 15.2. The van der Waals surface area contributed by atoms with Crippen LogP contribution in [0.3, 0.4) is 0 Å². The Balaban J connectivity index is 2.14. The van der Waals surface area contributed by atoms with Crippen molar-refractivity contribution in [1.82, 2.24) is 0 Å². The Hall–Kier alpha value is -1.80. The summed E-state index contributed by atoms with van der Waals surface area (Å²) in [6.07, 6.45) is 1.71. The van der Waals surface area contributed by atoms with E-state index in [4.69, 9.17) is 4.74 Å². The molecule has 0 heterocycles. The molecule has 2 aromatic rings. The fourth-order valence-corrected chi connectivity index (χ4v) is 2.75. The highest BCUT2D eigenvalue weighted by molar-refractivity contribution is 5.37. The van der Waals surface area contributed by atoms with Gasteiger partial charge in [0.25, 0.3) is 0 Å². The maximum Gasteiger partial charge on any atom is 0.122 e. The van der Waals surface area contributed by atoms with Crippen LogP contribution in [0.25, 0.3) is 0 Å². The summed E-state index contributed by atoms with van der Waals surface area (Å²) in [5, 5.41) is 9.71. The van der Waals surface area contributed by atoms with Gasteiger partial charge in [-0.3, -0.25) is 0 Å². The number of aryl methyl sites for hydroxylation is 2. The van der Waals surface area contributed by atoms with E-state index < -0.39 is 0 Å². The summed E-state index contributed by atoms with van der Waals surface area (Å²) in [7, 11) is 1.70. The largest absolute Gasteiger partial charge is 0.496 e. The molecule has 0 aliphatic heterocycles. The summed E-state index contributed by atoms with van der Waals surface area (Å²) in [4.78, 5) is 0. The fourth-order valence-electron chi connectivity index (χ4n) is 2.75. The normalized spacial score (nSPS) is 12.2. The number of hydrogen-bond donors (Lipinski definition) is 1. The summed E-state index contributed by atoms with van der Waals surface area (Å²) < 4.78 is 5.43. The maximum atomic E-state index is 9.71. The molecule has 2 heteroatoms. The molecule has 112 valence electrons. The van der Waals surface area contributed by atoms with Crippen LogP contribution in [0.5, 0.6) is 5.75 Å². The minimum atomic E-state index is 0.186. The minimum absolute atomic E-state index is 0.186. The van der Waals surface area contributed by atoms with Crippen molar-refractivity contribution >= 4 is 0 Å². The van der Waals surface area contributed by atoms with E-state index in [1.165, 1.54) is 22.3 Å². The Morgan fingerprint density at radius 1 is 1.00 bits per heavy atom. The summed E-state index contributed by atoms with van der Waals surface area (Å²) in [6.45, 7) is 4.36. The topological polar surface area (TPSA) is 29.5 Å². The molecule has 0 fully saturated rings. The van der Waals surface area contributed by atoms with Gasteiger partial charge in [0.2, 0.25) is 0 Å². The number of hydrogen-bond acceptors (Lipinski definition) is 2. The van der Waals surface area contributed by atoms with Gasteiger partial charge in [0.1, 0.15) is 5.75 Å². The van der Waals surface area contributed by atoms with Crippen LogP contribution in [0.4, 0.5) is 0 Å². The van der Waals surface area contributed by atoms with Crippen LogP contribution in [0.1, 0.15) is 22.3 Å². The van der Waals surface area contributed by atoms with Gasteiger partial charge in [-0.05, 0) is 49.8 Å². The fraction of sp³-hybridized carbons (Fsp3) is 0.368. The SMILES string of the molecule is COc1ccc(C)cc1CC(CO)Cc1cccc(C)c1. The maximum absolute atomic E-state index is 9.71. The predicted octanol–water partition coefficient (Wildman–Crippen LogP) is 3.71. The van der Waals surface area contributed by atoms with Gasteiger partial charge in [0.05, 0.1) is 7.11 Å². The number of aliphatic hydroxyl groups excluding tert-OH is 1. The molecule has 21 heavy (non-hydrogen) atoms. The molecule has 0 aromatic heterocycles. The lowest BCUT2D eigenvalue weighted by Gasteiger charge is -2.17. The third-order valence-electron chi connectivity index (χ3n) is 3.81. The molecule has 0 aliphatic rings. The first-order valence-electron chi connectivity index (χ1n) is 7.42. The molecule has 0 radical (unpaired) electrons. The van der Waals surface area contributed by atoms with E-state index in [-0.39, 0.29) is 12.5 Å². The second-order valence-electron chi connectivity index (χ2n) is 5.76. The lowest BCUT2D eigenvalue weighted by Crippen LogP contribution is -2.13. The lowest BCUT2D eigenvalue weighted by atomic mass is 9.91. The standard InChI is InChI=1S/C19H24O2/c1-14-5-4-6-16(9-14)11-17(13-20)12-18-10-15(2)7-8-19(18)21-3/h4-10,17,20H,11-13H2,1-3H3. The molecule has 1 N–H and O–H groups in total. The molecule has 2 aromatic carbocycles. The molecule has 1 unspecified atom stereocenters. The van der Waals surface area contributed by atoms with E-state index >= 15 is 0 Å². The summed E-state index contributed by atoms with van der Waals surface area (Å²) in [6, 6.07) is 14.7. The van der Waals surface area contributed by atoms with Crippen LogP contribution in [0.15, 0.2) is 42.5 Å². The molecule has 0 saturated carbocycles. The van der Waals surface area contributed by atoms with Crippen LogP contribution in [0, 0.1) is 19.8 Å². The third-order valence-corrected chi connectivity index (χ3v) is 3.81. The molecule has 0 amide bonds. The summed E-state index contributed by atoms with van der Waals surface area (Å²) >= 11 is 0. The quantitative estimate of drug-likeness (QED) is 0.876. The Kier molecular flexibility index (Phi) is 5.40. The zero-order valence-electron chi connectivity index (χ0n) is 13.1. The van der Waals surface area contributed by atoms with Crippen molar-refractivity contribution in [2.45, 2.75) is 26.7 Å². The van der Waals surface area contributed by atoms with E-state index in [0.717, 1.165) is 18.6 Å². The first kappa shape index (κ1) is 15.6. The molecule has 0 aliphatic carbocycles. The van der Waals surface area contributed by atoms with Gasteiger partial charge in [-0.1, -0.05) is 47.5 Å². The minimum Gasteiger partial charge on any atom is -0.496 e. The van der Waals surface area contributed by atoms with Crippen LogP contribution in [-0.4, -0.2) is 18.8 Å². The van der Waals surface area contributed by atoms with E-state index in [0.29, 0.717) is 0 Å². The molecule has 2 rings (SSSR count). The number of rotatable bonds is 6. The van der Waals surface area contributed by atoms with Crippen molar-refractivity contribution < 1.29 is 9.84 Å². The van der Waals surface area contributed by atoms with E-state index in [1.807, 2.05) is 6.07 Å². The molecule has 2 nitrogen and oxygen atoms in total. The Morgan fingerprint density at radius 2 is 1.76 bits per heavy atom. The number of methoxy groups -OCH3 is 1. The first-order valence-corrected chi connectivity index (χ1v) is 7.42. The second-order valence-corrected chi connectivity index (χ2v) is 5.76. The van der Waals surface area contributed by atoms with Crippen LogP contribution < -0.4 is 4.74 Å². The van der Waals surface area contributed by atoms with Gasteiger partial charge in [-0.15, -0.1) is 0 Å². The van der Waals surface area contributed by atoms with Crippen LogP contribution in [-0.2, 0) is 12.8 Å². The Bertz CT molecular complexity index is 590. The number of ether oxygens (including phenoxy) is 1. The van der Waals surface area contributed by atoms with Gasteiger partial charge in [-0.25, -0.2) is 0 Å². The van der Waals surface area contributed by atoms with E-state index in [2.05, 4.69) is 50.2 Å². The lowest BCUT2D eigenvalue weighted by molar-refractivity contribution is 0.224. The monoisotopic (exact) mass is 284 g/mol. The average Bonchev–Trinajstić information content (AvgIpc) is 2.47. The molecule has 0 saturated heterocycles. The molecule has 0 spiro atoms. The molecule has 1 atom stereocenters. The van der Waals surface area contributed by atoms with Crippen molar-refractivity contribution in [2.75, 3.05) is 13.7 Å². The predicted molar refractivity (Wildman–Crippen MR) is 86.9 cm³/mol. The van der Waals surface area contributed by atoms with E-state index in [9.17, 15) is 5.11 Å². The van der Waals surface area contributed by atoms with Crippen molar-refractivity contribution in [2.24, 2.45) is 5.92 Å². The second kappa shape index (κ2) is 7.28. The zero-order valence-corrected chi connectivity index (χ0v) is 13.1. The van der Waals surface area contributed by atoms with Gasteiger partial charge < -0.3 is 9.84 Å². The molecular formula is C19H24O2. The highest BCUT2D eigenvalue weighted by Gasteiger charge is 2.13. The highest BCUT2D eigenvalue weighted by atomic mass is 16.5. The third kappa shape index (κ3) is 4.33. The number of benzene rings is 2. The smallest absolute Gasteiger partial charge is 0.122 e. The van der Waals surface area contributed by atoms with Crippen molar-refractivity contribution in [1.29, 1.82) is 0 Å². The molecular weight excluding hydrogens is 260 g/mol. The Labute approximate surface area is 127 Å². The van der Waals surface area contributed by atoms with Gasteiger partial charge in [0.15, 0.2) is 0 Å². The van der Waals surface area contributed by atoms with Crippen molar-refractivity contribution in [3.05, 3.63) is 64.7 Å². The highest BCUT2D eigenvalue weighted by Crippen LogP contribution is 2.24. The first-order chi connectivity index (χ1) is 10.1. The summed E-state index contributed by atoms with van der Waals surface area (Å²) in [5.41, 5.74) is 4.93. The van der Waals surface area contributed by atoms with Gasteiger partial charge in [-0.2, -0.15) is 0 Å². The summed E-state index contributed by atoms with van der Waals surface area (Å²) in [5.74, 6) is 1.12. The Morgan fingerprint density at radius 3 is 2.43 bits per heavy atom. The molecule has 0 bridgehead atoms.